The predicted molar refractivity (Wildman–Crippen MR) is 68.5 cm³/mol. The molecule has 0 radical (unpaired) electrons. The molecule has 1 N–H and O–H groups in total. The topological polar surface area (TPSA) is 55.6 Å². The van der Waals surface area contributed by atoms with Crippen molar-refractivity contribution in [1.29, 1.82) is 0 Å². The molecular weight excluding hydrogens is 226 g/mol. The molecule has 2 heterocycles. The van der Waals surface area contributed by atoms with E-state index >= 15 is 0 Å². The fourth-order valence-electron chi connectivity index (χ4n) is 2.06. The summed E-state index contributed by atoms with van der Waals surface area (Å²) >= 11 is 0. The Morgan fingerprint density at radius 2 is 2.00 bits per heavy atom. The van der Waals surface area contributed by atoms with E-state index in [1.165, 1.54) is 18.4 Å². The van der Waals surface area contributed by atoms with E-state index in [0.717, 1.165) is 17.9 Å². The summed E-state index contributed by atoms with van der Waals surface area (Å²) in [5, 5.41) is 8.06. The molecule has 0 aromatic carbocycles. The monoisotopic (exact) mass is 243 g/mol. The third kappa shape index (κ3) is 2.13. The molecule has 0 unspecified atom stereocenters. The van der Waals surface area contributed by atoms with E-state index in [2.05, 4.69) is 27.3 Å². The maximum Gasteiger partial charge on any atom is 0.250 e. The lowest BCUT2D eigenvalue weighted by molar-refractivity contribution is 0.681. The lowest BCUT2D eigenvalue weighted by atomic mass is 10.2. The Labute approximate surface area is 106 Å². The molecule has 0 aliphatic heterocycles. The van der Waals surface area contributed by atoms with Gasteiger partial charge in [-0.1, -0.05) is 0 Å². The Balaban J connectivity index is 1.89. The van der Waals surface area contributed by atoms with Crippen molar-refractivity contribution in [3.05, 3.63) is 35.4 Å². The van der Waals surface area contributed by atoms with E-state index in [1.54, 1.807) is 12.4 Å². The first-order chi connectivity index (χ1) is 8.75. The van der Waals surface area contributed by atoms with Crippen molar-refractivity contribution in [2.24, 2.45) is 0 Å². The van der Waals surface area contributed by atoms with Crippen LogP contribution >= 0.6 is 0 Å². The minimum Gasteiger partial charge on any atom is -0.310 e. The van der Waals surface area contributed by atoms with Gasteiger partial charge in [0, 0.05) is 36.2 Å². The first-order valence-electron chi connectivity index (χ1n) is 6.31. The molecule has 0 bridgehead atoms. The first kappa shape index (κ1) is 11.3. The Bertz CT molecular complexity index is 542. The van der Waals surface area contributed by atoms with Crippen LogP contribution in [-0.4, -0.2) is 25.8 Å². The highest BCUT2D eigenvalue weighted by molar-refractivity contribution is 5.29. The van der Waals surface area contributed by atoms with Crippen molar-refractivity contribution in [3.8, 4) is 5.95 Å². The van der Waals surface area contributed by atoms with Gasteiger partial charge in [-0.05, 0) is 32.8 Å². The highest BCUT2D eigenvalue weighted by Crippen LogP contribution is 2.21. The highest BCUT2D eigenvalue weighted by Gasteiger charge is 2.22. The summed E-state index contributed by atoms with van der Waals surface area (Å²) in [5.74, 6) is 0.635. The molecule has 2 aromatic rings. The molecule has 5 heteroatoms. The van der Waals surface area contributed by atoms with E-state index < -0.39 is 0 Å². The maximum absolute atomic E-state index is 4.53. The van der Waals surface area contributed by atoms with Crippen LogP contribution in [0.25, 0.3) is 5.95 Å². The molecule has 1 fully saturated rings. The Morgan fingerprint density at radius 3 is 2.67 bits per heavy atom. The number of hydrogen-bond donors (Lipinski definition) is 1. The minimum atomic E-state index is 0.635. The summed E-state index contributed by atoms with van der Waals surface area (Å²) in [5.41, 5.74) is 3.43. The van der Waals surface area contributed by atoms with Crippen LogP contribution in [0.1, 0.15) is 29.8 Å². The van der Waals surface area contributed by atoms with Crippen LogP contribution in [0.4, 0.5) is 0 Å². The normalized spacial score (nSPS) is 15.0. The number of nitrogens with zero attached hydrogens (tertiary/aromatic N) is 4. The van der Waals surface area contributed by atoms with E-state index in [-0.39, 0.29) is 0 Å². The quantitative estimate of drug-likeness (QED) is 0.884. The van der Waals surface area contributed by atoms with Gasteiger partial charge < -0.3 is 5.32 Å². The van der Waals surface area contributed by atoms with Gasteiger partial charge >= 0.3 is 0 Å². The maximum atomic E-state index is 4.53. The van der Waals surface area contributed by atoms with Crippen LogP contribution in [0.15, 0.2) is 18.5 Å². The highest BCUT2D eigenvalue weighted by atomic mass is 15.4. The first-order valence-corrected chi connectivity index (χ1v) is 6.31. The molecule has 0 spiro atoms. The fourth-order valence-corrected chi connectivity index (χ4v) is 2.06. The van der Waals surface area contributed by atoms with Crippen LogP contribution in [0, 0.1) is 13.8 Å². The van der Waals surface area contributed by atoms with E-state index in [4.69, 9.17) is 0 Å². The van der Waals surface area contributed by atoms with Crippen LogP contribution in [0.3, 0.4) is 0 Å². The van der Waals surface area contributed by atoms with Crippen molar-refractivity contribution < 1.29 is 0 Å². The summed E-state index contributed by atoms with van der Waals surface area (Å²) in [6.45, 7) is 4.99. The van der Waals surface area contributed by atoms with Gasteiger partial charge in [-0.3, -0.25) is 0 Å². The number of rotatable bonds is 4. The zero-order chi connectivity index (χ0) is 12.5. The average Bonchev–Trinajstić information content (AvgIpc) is 3.16. The minimum absolute atomic E-state index is 0.635. The van der Waals surface area contributed by atoms with Crippen molar-refractivity contribution >= 4 is 0 Å². The molecule has 2 aromatic heterocycles. The van der Waals surface area contributed by atoms with Crippen LogP contribution in [0.5, 0.6) is 0 Å². The van der Waals surface area contributed by atoms with Gasteiger partial charge in [0.05, 0.1) is 5.69 Å². The molecule has 0 atom stereocenters. The average molecular weight is 243 g/mol. The lowest BCUT2D eigenvalue weighted by Crippen LogP contribution is -2.16. The van der Waals surface area contributed by atoms with Crippen molar-refractivity contribution in [2.75, 3.05) is 0 Å². The van der Waals surface area contributed by atoms with Gasteiger partial charge in [-0.2, -0.15) is 5.10 Å². The van der Waals surface area contributed by atoms with Crippen molar-refractivity contribution in [3.63, 3.8) is 0 Å². The molecule has 0 amide bonds. The Morgan fingerprint density at radius 1 is 1.28 bits per heavy atom. The second-order valence-corrected chi connectivity index (χ2v) is 4.77. The Hall–Kier alpha value is -1.75. The largest absolute Gasteiger partial charge is 0.310 e. The van der Waals surface area contributed by atoms with Gasteiger partial charge in [0.2, 0.25) is 0 Å². The summed E-state index contributed by atoms with van der Waals surface area (Å²) in [7, 11) is 0. The SMILES string of the molecule is Cc1nn(-c2ncccn2)c(C)c1CNC1CC1. The second kappa shape index (κ2) is 4.49. The molecule has 1 aliphatic rings. The van der Waals surface area contributed by atoms with Crippen LogP contribution in [0.2, 0.25) is 0 Å². The lowest BCUT2D eigenvalue weighted by Gasteiger charge is -2.04. The molecule has 1 saturated carbocycles. The fraction of sp³-hybridized carbons (Fsp3) is 0.462. The predicted octanol–water partition coefficient (Wildman–Crippen LogP) is 1.53. The molecule has 94 valence electrons. The summed E-state index contributed by atoms with van der Waals surface area (Å²) in [6, 6.07) is 2.52. The standard InChI is InChI=1S/C13H17N5/c1-9-12(8-16-11-4-5-11)10(2)18(17-9)13-14-6-3-7-15-13/h3,6-7,11,16H,4-5,8H2,1-2H3. The van der Waals surface area contributed by atoms with Gasteiger partial charge in [0.1, 0.15) is 0 Å². The number of aromatic nitrogens is 4. The molecule has 5 nitrogen and oxygen atoms in total. The van der Waals surface area contributed by atoms with Crippen molar-refractivity contribution in [2.45, 2.75) is 39.3 Å². The van der Waals surface area contributed by atoms with Crippen LogP contribution < -0.4 is 5.32 Å². The summed E-state index contributed by atoms with van der Waals surface area (Å²) < 4.78 is 1.82. The van der Waals surface area contributed by atoms with Gasteiger partial charge in [0.15, 0.2) is 0 Å². The molecular formula is C13H17N5. The summed E-state index contributed by atoms with van der Waals surface area (Å²) in [4.78, 5) is 8.48. The number of aryl methyl sites for hydroxylation is 1. The number of hydrogen-bond acceptors (Lipinski definition) is 4. The molecule has 3 rings (SSSR count). The van der Waals surface area contributed by atoms with Gasteiger partial charge in [0.25, 0.3) is 5.95 Å². The van der Waals surface area contributed by atoms with Crippen LogP contribution in [-0.2, 0) is 6.54 Å². The Kier molecular flexibility index (Phi) is 2.83. The number of nitrogens with one attached hydrogen (secondary N) is 1. The van der Waals surface area contributed by atoms with E-state index in [9.17, 15) is 0 Å². The zero-order valence-electron chi connectivity index (χ0n) is 10.7. The third-order valence-corrected chi connectivity index (χ3v) is 3.33. The molecule has 18 heavy (non-hydrogen) atoms. The summed E-state index contributed by atoms with van der Waals surface area (Å²) in [6.07, 6.45) is 6.07. The van der Waals surface area contributed by atoms with Gasteiger partial charge in [-0.15, -0.1) is 0 Å². The van der Waals surface area contributed by atoms with E-state index in [0.29, 0.717) is 12.0 Å². The second-order valence-electron chi connectivity index (χ2n) is 4.77. The smallest absolute Gasteiger partial charge is 0.250 e. The molecule has 0 saturated heterocycles. The molecule has 1 aliphatic carbocycles. The van der Waals surface area contributed by atoms with E-state index in [1.807, 2.05) is 17.7 Å². The van der Waals surface area contributed by atoms with Crippen molar-refractivity contribution in [1.82, 2.24) is 25.1 Å². The zero-order valence-corrected chi connectivity index (χ0v) is 10.7. The third-order valence-electron chi connectivity index (χ3n) is 3.33. The van der Waals surface area contributed by atoms with Gasteiger partial charge in [-0.25, -0.2) is 14.6 Å².